The minimum atomic E-state index is -1.26. The summed E-state index contributed by atoms with van der Waals surface area (Å²) in [5.41, 5.74) is 0.467. The smallest absolute Gasteiger partial charge is 0.252 e. The van der Waals surface area contributed by atoms with Crippen molar-refractivity contribution in [2.45, 2.75) is 32.4 Å². The van der Waals surface area contributed by atoms with Gasteiger partial charge < -0.3 is 20.5 Å². The van der Waals surface area contributed by atoms with Crippen molar-refractivity contribution in [3.63, 3.8) is 0 Å². The third kappa shape index (κ3) is 5.37. The van der Waals surface area contributed by atoms with Crippen LogP contribution < -0.4 is 10.6 Å². The molecule has 0 unspecified atom stereocenters. The molecule has 0 aliphatic heterocycles. The molecule has 2 rings (SSSR count). The Morgan fingerprint density at radius 2 is 1.96 bits per heavy atom. The molecule has 0 aromatic heterocycles. The van der Waals surface area contributed by atoms with Crippen LogP contribution >= 0.6 is 15.9 Å². The first-order valence-corrected chi connectivity index (χ1v) is 9.55. The van der Waals surface area contributed by atoms with Crippen molar-refractivity contribution in [2.24, 2.45) is 5.92 Å². The number of benzene rings is 2. The largest absolute Gasteiger partial charge is 0.383 e. The van der Waals surface area contributed by atoms with Crippen LogP contribution in [0.2, 0.25) is 0 Å². The second-order valence-corrected chi connectivity index (χ2v) is 7.53. The van der Waals surface area contributed by atoms with Crippen molar-refractivity contribution in [3.05, 3.63) is 46.4 Å². The van der Waals surface area contributed by atoms with Gasteiger partial charge in [-0.15, -0.1) is 0 Å². The van der Waals surface area contributed by atoms with Gasteiger partial charge in [-0.3, -0.25) is 4.79 Å². The summed E-state index contributed by atoms with van der Waals surface area (Å²) in [4.78, 5) is 23.7. The van der Waals surface area contributed by atoms with E-state index in [9.17, 15) is 14.7 Å². The number of hydrogen-bond donors (Lipinski definition) is 3. The Morgan fingerprint density at radius 1 is 1.23 bits per heavy atom. The molecule has 2 aromatic carbocycles. The van der Waals surface area contributed by atoms with E-state index in [1.165, 1.54) is 0 Å². The molecule has 3 N–H and O–H groups in total. The van der Waals surface area contributed by atoms with Gasteiger partial charge in [0.2, 0.25) is 0 Å². The molecular weight excluding hydrogens is 396 g/mol. The molecule has 0 heterocycles. The van der Waals surface area contributed by atoms with Gasteiger partial charge in [-0.2, -0.15) is 0 Å². The highest BCUT2D eigenvalue weighted by Crippen LogP contribution is 2.27. The van der Waals surface area contributed by atoms with Crippen molar-refractivity contribution in [1.82, 2.24) is 10.6 Å². The normalized spacial score (nSPS) is 13.6. The first-order chi connectivity index (χ1) is 12.4. The highest BCUT2D eigenvalue weighted by atomic mass is 79.9. The van der Waals surface area contributed by atoms with Gasteiger partial charge in [0.25, 0.3) is 5.91 Å². The van der Waals surface area contributed by atoms with Gasteiger partial charge in [0.1, 0.15) is 6.10 Å². The molecule has 0 saturated heterocycles. The van der Waals surface area contributed by atoms with Gasteiger partial charge in [0.15, 0.2) is 6.29 Å². The molecule has 0 spiro atoms. The standard InChI is InChI=1S/C20H25BrN2O3/c1-13(2)9-10-22-11-17(18(25)12-24)23-20(26)16-8-7-14-5-3-4-6-15(14)19(16)21/h3-8,12-13,17-18,22,25H,9-11H2,1-2H3,(H,23,26)/t17-,18-/m0/s1. The number of aliphatic hydroxyl groups is 1. The number of rotatable bonds is 9. The number of aldehydes is 1. The van der Waals surface area contributed by atoms with E-state index < -0.39 is 12.1 Å². The van der Waals surface area contributed by atoms with E-state index in [0.717, 1.165) is 23.7 Å². The number of nitrogens with one attached hydrogen (secondary N) is 2. The van der Waals surface area contributed by atoms with E-state index >= 15 is 0 Å². The zero-order valence-electron chi connectivity index (χ0n) is 15.0. The number of fused-ring (bicyclic) bond motifs is 1. The molecule has 140 valence electrons. The Morgan fingerprint density at radius 3 is 2.65 bits per heavy atom. The minimum absolute atomic E-state index is 0.323. The average Bonchev–Trinajstić information content (AvgIpc) is 2.63. The lowest BCUT2D eigenvalue weighted by atomic mass is 10.1. The van der Waals surface area contributed by atoms with E-state index in [4.69, 9.17) is 0 Å². The van der Waals surface area contributed by atoms with Crippen LogP contribution in [0.1, 0.15) is 30.6 Å². The maximum absolute atomic E-state index is 12.7. The summed E-state index contributed by atoms with van der Waals surface area (Å²) in [6, 6.07) is 10.7. The van der Waals surface area contributed by atoms with Crippen molar-refractivity contribution in [3.8, 4) is 0 Å². The van der Waals surface area contributed by atoms with E-state index in [1.54, 1.807) is 6.07 Å². The predicted octanol–water partition coefficient (Wildman–Crippen LogP) is 2.90. The Kier molecular flexibility index (Phi) is 7.75. The summed E-state index contributed by atoms with van der Waals surface area (Å²) in [5.74, 6) is 0.222. The van der Waals surface area contributed by atoms with Crippen molar-refractivity contribution < 1.29 is 14.7 Å². The van der Waals surface area contributed by atoms with E-state index in [2.05, 4.69) is 40.4 Å². The average molecular weight is 421 g/mol. The topological polar surface area (TPSA) is 78.4 Å². The molecule has 0 radical (unpaired) electrons. The second kappa shape index (κ2) is 9.80. The number of carbonyl (C=O) groups excluding carboxylic acids is 2. The van der Waals surface area contributed by atoms with E-state index in [1.807, 2.05) is 30.3 Å². The van der Waals surface area contributed by atoms with Gasteiger partial charge >= 0.3 is 0 Å². The van der Waals surface area contributed by atoms with Crippen LogP contribution in [0.25, 0.3) is 10.8 Å². The summed E-state index contributed by atoms with van der Waals surface area (Å²) >= 11 is 3.50. The van der Waals surface area contributed by atoms with Gasteiger partial charge in [0, 0.05) is 11.0 Å². The molecule has 2 atom stereocenters. The molecule has 0 bridgehead atoms. The molecule has 0 aliphatic rings. The van der Waals surface area contributed by atoms with Crippen LogP contribution in [0.5, 0.6) is 0 Å². The lowest BCUT2D eigenvalue weighted by molar-refractivity contribution is -0.115. The van der Waals surface area contributed by atoms with Gasteiger partial charge in [-0.25, -0.2) is 0 Å². The fraction of sp³-hybridized carbons (Fsp3) is 0.400. The highest BCUT2D eigenvalue weighted by molar-refractivity contribution is 9.10. The number of aliphatic hydroxyl groups excluding tert-OH is 1. The summed E-state index contributed by atoms with van der Waals surface area (Å²) in [6.07, 6.45) is 0.170. The van der Waals surface area contributed by atoms with Gasteiger partial charge in [-0.05, 0) is 51.7 Å². The van der Waals surface area contributed by atoms with Crippen molar-refractivity contribution >= 4 is 38.9 Å². The van der Waals surface area contributed by atoms with Gasteiger partial charge in [0.05, 0.1) is 11.6 Å². The Bertz CT molecular complexity index is 764. The monoisotopic (exact) mass is 420 g/mol. The molecule has 0 saturated carbocycles. The number of hydrogen-bond acceptors (Lipinski definition) is 4. The fourth-order valence-electron chi connectivity index (χ4n) is 2.66. The minimum Gasteiger partial charge on any atom is -0.383 e. The number of halogens is 1. The molecule has 5 nitrogen and oxygen atoms in total. The Hall–Kier alpha value is -1.76. The van der Waals surface area contributed by atoms with Crippen LogP contribution in [0.15, 0.2) is 40.9 Å². The summed E-state index contributed by atoms with van der Waals surface area (Å²) in [7, 11) is 0. The molecule has 1 amide bonds. The van der Waals surface area contributed by atoms with Crippen molar-refractivity contribution in [1.29, 1.82) is 0 Å². The third-order valence-corrected chi connectivity index (χ3v) is 5.09. The molecular formula is C20H25BrN2O3. The maximum Gasteiger partial charge on any atom is 0.252 e. The zero-order chi connectivity index (χ0) is 19.1. The van der Waals surface area contributed by atoms with Crippen molar-refractivity contribution in [2.75, 3.05) is 13.1 Å². The van der Waals surface area contributed by atoms with E-state index in [-0.39, 0.29) is 5.91 Å². The summed E-state index contributed by atoms with van der Waals surface area (Å²) < 4.78 is 0.695. The SMILES string of the molecule is CC(C)CCNC[C@H](NC(=O)c1ccc2ccccc2c1Br)[C@@H](O)C=O. The Balaban J connectivity index is 2.11. The second-order valence-electron chi connectivity index (χ2n) is 6.74. The molecule has 26 heavy (non-hydrogen) atoms. The molecule has 6 heteroatoms. The van der Waals surface area contributed by atoms with Crippen LogP contribution in [0.3, 0.4) is 0 Å². The predicted molar refractivity (Wildman–Crippen MR) is 107 cm³/mol. The van der Waals surface area contributed by atoms with Crippen LogP contribution in [-0.4, -0.2) is 42.5 Å². The lowest BCUT2D eigenvalue weighted by Crippen LogP contribution is -2.50. The van der Waals surface area contributed by atoms with Crippen LogP contribution in [-0.2, 0) is 4.79 Å². The molecule has 2 aromatic rings. The Labute approximate surface area is 162 Å². The third-order valence-electron chi connectivity index (χ3n) is 4.24. The zero-order valence-corrected chi connectivity index (χ0v) is 16.6. The fourth-order valence-corrected chi connectivity index (χ4v) is 3.33. The molecule has 0 fully saturated rings. The van der Waals surface area contributed by atoms with Crippen LogP contribution in [0.4, 0.5) is 0 Å². The van der Waals surface area contributed by atoms with Gasteiger partial charge in [-0.1, -0.05) is 44.2 Å². The number of amides is 1. The van der Waals surface area contributed by atoms with Crippen LogP contribution in [0, 0.1) is 5.92 Å². The lowest BCUT2D eigenvalue weighted by Gasteiger charge is -2.22. The summed E-state index contributed by atoms with van der Waals surface area (Å²) in [5, 5.41) is 17.8. The maximum atomic E-state index is 12.7. The quantitative estimate of drug-likeness (QED) is 0.430. The first-order valence-electron chi connectivity index (χ1n) is 8.76. The first kappa shape index (κ1) is 20.6. The van der Waals surface area contributed by atoms with E-state index in [0.29, 0.717) is 28.8 Å². The highest BCUT2D eigenvalue weighted by Gasteiger charge is 2.22. The molecule has 0 aliphatic carbocycles. The summed E-state index contributed by atoms with van der Waals surface area (Å²) in [6.45, 7) is 5.33. The number of carbonyl (C=O) groups is 2.